The van der Waals surface area contributed by atoms with Gasteiger partial charge in [0.25, 0.3) is 0 Å². The maximum atomic E-state index is 8.91. The van der Waals surface area contributed by atoms with Crippen molar-refractivity contribution >= 4 is 0 Å². The van der Waals surface area contributed by atoms with Crippen molar-refractivity contribution in [2.75, 3.05) is 26.9 Å². The van der Waals surface area contributed by atoms with Crippen molar-refractivity contribution < 1.29 is 14.2 Å². The molecule has 1 fully saturated rings. The van der Waals surface area contributed by atoms with Crippen LogP contribution in [0, 0.1) is 17.2 Å². The molecule has 0 N–H and O–H groups in total. The molecule has 0 aromatic heterocycles. The maximum absolute atomic E-state index is 8.91. The van der Waals surface area contributed by atoms with Gasteiger partial charge in [-0.05, 0) is 36.5 Å². The van der Waals surface area contributed by atoms with Crippen LogP contribution in [0.1, 0.15) is 24.0 Å². The zero-order valence-corrected chi connectivity index (χ0v) is 11.2. The van der Waals surface area contributed by atoms with Gasteiger partial charge in [-0.25, -0.2) is 0 Å². The smallest absolute Gasteiger partial charge is 0.136 e. The third-order valence-electron chi connectivity index (χ3n) is 3.35. The predicted octanol–water partition coefficient (Wildman–Crippen LogP) is 2.51. The second kappa shape index (κ2) is 7.13. The monoisotopic (exact) mass is 261 g/mol. The van der Waals surface area contributed by atoms with Gasteiger partial charge in [-0.2, -0.15) is 5.26 Å². The first-order valence-electron chi connectivity index (χ1n) is 6.56. The summed E-state index contributed by atoms with van der Waals surface area (Å²) >= 11 is 0. The number of hydrogen-bond acceptors (Lipinski definition) is 4. The van der Waals surface area contributed by atoms with Gasteiger partial charge < -0.3 is 14.2 Å². The number of ether oxygens (including phenoxy) is 3. The largest absolute Gasteiger partial charge is 0.495 e. The molecule has 0 saturated carbocycles. The average molecular weight is 261 g/mol. The Bertz CT molecular complexity index is 447. The van der Waals surface area contributed by atoms with E-state index in [1.54, 1.807) is 13.2 Å². The van der Waals surface area contributed by atoms with Gasteiger partial charge in [0.2, 0.25) is 0 Å². The molecule has 102 valence electrons. The number of nitriles is 1. The number of rotatable bonds is 5. The minimum atomic E-state index is 0.552. The summed E-state index contributed by atoms with van der Waals surface area (Å²) in [6.07, 6.45) is 2.16. The second-order valence-corrected chi connectivity index (χ2v) is 4.72. The highest BCUT2D eigenvalue weighted by molar-refractivity contribution is 5.45. The van der Waals surface area contributed by atoms with Crippen LogP contribution in [0.15, 0.2) is 18.2 Å². The van der Waals surface area contributed by atoms with Crippen LogP contribution < -0.4 is 4.74 Å². The Labute approximate surface area is 113 Å². The van der Waals surface area contributed by atoms with E-state index in [4.69, 9.17) is 19.5 Å². The molecule has 1 aromatic carbocycles. The minimum absolute atomic E-state index is 0.552. The van der Waals surface area contributed by atoms with Crippen molar-refractivity contribution in [1.29, 1.82) is 5.26 Å². The topological polar surface area (TPSA) is 51.5 Å². The second-order valence-electron chi connectivity index (χ2n) is 4.72. The number of methoxy groups -OCH3 is 1. The molecule has 1 aliphatic heterocycles. The molecule has 0 spiro atoms. The summed E-state index contributed by atoms with van der Waals surface area (Å²) in [5.41, 5.74) is 1.58. The lowest BCUT2D eigenvalue weighted by Gasteiger charge is -2.21. The van der Waals surface area contributed by atoms with E-state index < -0.39 is 0 Å². The zero-order chi connectivity index (χ0) is 13.5. The first-order chi connectivity index (χ1) is 9.33. The summed E-state index contributed by atoms with van der Waals surface area (Å²) in [5.74, 6) is 1.21. The van der Waals surface area contributed by atoms with E-state index in [1.807, 2.05) is 12.1 Å². The van der Waals surface area contributed by atoms with E-state index in [0.717, 1.165) is 38.2 Å². The van der Waals surface area contributed by atoms with E-state index in [-0.39, 0.29) is 0 Å². The Morgan fingerprint density at radius 3 is 2.84 bits per heavy atom. The van der Waals surface area contributed by atoms with Gasteiger partial charge in [0.1, 0.15) is 11.8 Å². The summed E-state index contributed by atoms with van der Waals surface area (Å²) in [6, 6.07) is 7.64. The van der Waals surface area contributed by atoms with Crippen LogP contribution in [0.3, 0.4) is 0 Å². The Balaban J connectivity index is 1.84. The Hall–Kier alpha value is -1.57. The molecule has 0 bridgehead atoms. The van der Waals surface area contributed by atoms with Gasteiger partial charge in [0.15, 0.2) is 0 Å². The molecule has 0 radical (unpaired) electrons. The van der Waals surface area contributed by atoms with Gasteiger partial charge in [-0.3, -0.25) is 0 Å². The first kappa shape index (κ1) is 13.9. The Kier molecular flexibility index (Phi) is 5.20. The predicted molar refractivity (Wildman–Crippen MR) is 70.9 cm³/mol. The summed E-state index contributed by atoms with van der Waals surface area (Å²) in [6.45, 7) is 3.02. The van der Waals surface area contributed by atoms with Crippen LogP contribution in [0.5, 0.6) is 5.75 Å². The molecule has 1 heterocycles. The fourth-order valence-corrected chi connectivity index (χ4v) is 2.17. The molecule has 19 heavy (non-hydrogen) atoms. The fraction of sp³-hybridized carbons (Fsp3) is 0.533. The normalized spacial score (nSPS) is 16.0. The lowest BCUT2D eigenvalue weighted by Crippen LogP contribution is -2.20. The van der Waals surface area contributed by atoms with Gasteiger partial charge in [-0.1, -0.05) is 6.07 Å². The van der Waals surface area contributed by atoms with Gasteiger partial charge in [0.05, 0.1) is 25.9 Å². The van der Waals surface area contributed by atoms with Crippen LogP contribution in [0.25, 0.3) is 0 Å². The van der Waals surface area contributed by atoms with E-state index in [1.165, 1.54) is 0 Å². The molecular formula is C15H19NO3. The molecule has 1 aliphatic rings. The highest BCUT2D eigenvalue weighted by Crippen LogP contribution is 2.20. The van der Waals surface area contributed by atoms with E-state index in [0.29, 0.717) is 23.8 Å². The number of nitrogens with zero attached hydrogens (tertiary/aromatic N) is 1. The molecule has 1 saturated heterocycles. The highest BCUT2D eigenvalue weighted by atomic mass is 16.5. The molecule has 0 unspecified atom stereocenters. The van der Waals surface area contributed by atoms with Crippen LogP contribution in [0.4, 0.5) is 0 Å². The van der Waals surface area contributed by atoms with Crippen molar-refractivity contribution in [2.45, 2.75) is 19.4 Å². The SMILES string of the molecule is COc1cc(COCC2CCOCC2)ccc1C#N. The molecule has 0 amide bonds. The molecular weight excluding hydrogens is 242 g/mol. The maximum Gasteiger partial charge on any atom is 0.136 e. The summed E-state index contributed by atoms with van der Waals surface area (Å²) < 4.78 is 16.2. The minimum Gasteiger partial charge on any atom is -0.495 e. The third-order valence-corrected chi connectivity index (χ3v) is 3.35. The first-order valence-corrected chi connectivity index (χ1v) is 6.56. The van der Waals surface area contributed by atoms with Crippen molar-refractivity contribution in [3.8, 4) is 11.8 Å². The van der Waals surface area contributed by atoms with E-state index in [2.05, 4.69) is 6.07 Å². The zero-order valence-electron chi connectivity index (χ0n) is 11.2. The van der Waals surface area contributed by atoms with Crippen LogP contribution in [-0.4, -0.2) is 26.9 Å². The standard InChI is InChI=1S/C15H19NO3/c1-17-15-8-13(2-3-14(15)9-16)11-19-10-12-4-6-18-7-5-12/h2-3,8,12H,4-7,10-11H2,1H3. The van der Waals surface area contributed by atoms with Gasteiger partial charge in [-0.15, -0.1) is 0 Å². The fourth-order valence-electron chi connectivity index (χ4n) is 2.17. The Morgan fingerprint density at radius 1 is 1.37 bits per heavy atom. The molecule has 4 nitrogen and oxygen atoms in total. The summed E-state index contributed by atoms with van der Waals surface area (Å²) in [5, 5.41) is 8.91. The van der Waals surface area contributed by atoms with Crippen molar-refractivity contribution in [3.63, 3.8) is 0 Å². The summed E-state index contributed by atoms with van der Waals surface area (Å²) in [7, 11) is 1.57. The van der Waals surface area contributed by atoms with Crippen LogP contribution in [0.2, 0.25) is 0 Å². The van der Waals surface area contributed by atoms with Crippen LogP contribution >= 0.6 is 0 Å². The van der Waals surface area contributed by atoms with E-state index in [9.17, 15) is 0 Å². The van der Waals surface area contributed by atoms with Gasteiger partial charge >= 0.3 is 0 Å². The Morgan fingerprint density at radius 2 is 2.16 bits per heavy atom. The molecule has 0 aliphatic carbocycles. The lowest BCUT2D eigenvalue weighted by atomic mass is 10.0. The number of benzene rings is 1. The quantitative estimate of drug-likeness (QED) is 0.817. The van der Waals surface area contributed by atoms with Crippen LogP contribution in [-0.2, 0) is 16.1 Å². The van der Waals surface area contributed by atoms with Gasteiger partial charge in [0, 0.05) is 13.2 Å². The highest BCUT2D eigenvalue weighted by Gasteiger charge is 2.13. The molecule has 1 aromatic rings. The summed E-state index contributed by atoms with van der Waals surface area (Å²) in [4.78, 5) is 0. The van der Waals surface area contributed by atoms with Crippen molar-refractivity contribution in [1.82, 2.24) is 0 Å². The average Bonchev–Trinajstić information content (AvgIpc) is 2.48. The number of hydrogen-bond donors (Lipinski definition) is 0. The molecule has 0 atom stereocenters. The molecule has 4 heteroatoms. The van der Waals surface area contributed by atoms with E-state index >= 15 is 0 Å². The van der Waals surface area contributed by atoms with Crippen molar-refractivity contribution in [3.05, 3.63) is 29.3 Å². The lowest BCUT2D eigenvalue weighted by molar-refractivity contribution is 0.0157. The third kappa shape index (κ3) is 3.95. The van der Waals surface area contributed by atoms with Crippen molar-refractivity contribution in [2.24, 2.45) is 5.92 Å². The molecule has 2 rings (SSSR count).